The van der Waals surface area contributed by atoms with Gasteiger partial charge in [-0.05, 0) is 68.2 Å². The Morgan fingerprint density at radius 2 is 1.91 bits per heavy atom. The standard InChI is InChI=1S/C33H31ClF2N6O4/c34-21-1-6-28(25(36)17-21)45-19-27-24(35)4-7-30(40-27)46-23-9-15-41(16-10-23)18-29-39-26-5-2-22(3-8-31(43)44)38-32(26)42(29)20-33(11-12-33)13-14-37/h1-8,17,23H,9-13,15-16,18-20H2,(H,43,44)/b8-3+. The number of fused-ring (bicyclic) bond motifs is 1. The molecule has 0 bridgehead atoms. The number of benzene rings is 1. The first kappa shape index (κ1) is 31.4. The number of piperidine rings is 1. The lowest BCUT2D eigenvalue weighted by Crippen LogP contribution is -2.38. The van der Waals surface area contributed by atoms with E-state index in [0.29, 0.717) is 43.7 Å². The zero-order valence-electron chi connectivity index (χ0n) is 24.8. The number of carbonyl (C=O) groups is 1. The summed E-state index contributed by atoms with van der Waals surface area (Å²) < 4.78 is 42.1. The lowest BCUT2D eigenvalue weighted by Gasteiger charge is -2.32. The third kappa shape index (κ3) is 7.43. The smallest absolute Gasteiger partial charge is 0.328 e. The van der Waals surface area contributed by atoms with Crippen molar-refractivity contribution < 1.29 is 28.2 Å². The summed E-state index contributed by atoms with van der Waals surface area (Å²) in [6, 6.07) is 12.6. The van der Waals surface area contributed by atoms with Crippen LogP contribution in [-0.4, -0.2) is 54.7 Å². The van der Waals surface area contributed by atoms with Crippen molar-refractivity contribution in [2.75, 3.05) is 13.1 Å². The number of nitriles is 1. The average molecular weight is 649 g/mol. The molecule has 0 amide bonds. The first-order valence-corrected chi connectivity index (χ1v) is 15.3. The van der Waals surface area contributed by atoms with E-state index in [2.05, 4.69) is 20.5 Å². The van der Waals surface area contributed by atoms with Crippen LogP contribution in [0.2, 0.25) is 5.02 Å². The fraction of sp³-hybridized carbons (Fsp3) is 0.364. The van der Waals surface area contributed by atoms with Gasteiger partial charge in [0.25, 0.3) is 0 Å². The van der Waals surface area contributed by atoms with Crippen molar-refractivity contribution in [2.45, 2.75) is 57.9 Å². The van der Waals surface area contributed by atoms with Crippen LogP contribution >= 0.6 is 11.6 Å². The molecule has 1 saturated heterocycles. The Hall–Kier alpha value is -4.60. The predicted molar refractivity (Wildman–Crippen MR) is 165 cm³/mol. The molecule has 1 saturated carbocycles. The second-order valence-corrected chi connectivity index (χ2v) is 12.2. The van der Waals surface area contributed by atoms with Crippen LogP contribution in [0.3, 0.4) is 0 Å². The normalized spacial score (nSPS) is 16.5. The number of ether oxygens (including phenoxy) is 2. The Kier molecular flexibility index (Phi) is 9.15. The second kappa shape index (κ2) is 13.4. The van der Waals surface area contributed by atoms with Crippen molar-refractivity contribution in [3.05, 3.63) is 82.4 Å². The van der Waals surface area contributed by atoms with Crippen molar-refractivity contribution in [1.29, 1.82) is 5.26 Å². The minimum absolute atomic E-state index is 0.00300. The summed E-state index contributed by atoms with van der Waals surface area (Å²) in [4.78, 5) is 27.2. The Labute approximate surface area is 268 Å². The summed E-state index contributed by atoms with van der Waals surface area (Å²) in [7, 11) is 0. The van der Waals surface area contributed by atoms with Gasteiger partial charge in [0.15, 0.2) is 17.2 Å². The molecular weight excluding hydrogens is 618 g/mol. The molecule has 1 aliphatic heterocycles. The van der Waals surface area contributed by atoms with Crippen LogP contribution in [0, 0.1) is 28.4 Å². The Morgan fingerprint density at radius 1 is 1.11 bits per heavy atom. The van der Waals surface area contributed by atoms with Crippen LogP contribution in [0.5, 0.6) is 11.6 Å². The van der Waals surface area contributed by atoms with Gasteiger partial charge in [0.2, 0.25) is 5.88 Å². The van der Waals surface area contributed by atoms with E-state index in [9.17, 15) is 18.8 Å². The summed E-state index contributed by atoms with van der Waals surface area (Å²) in [6.07, 6.45) is 6.18. The molecule has 238 valence electrons. The van der Waals surface area contributed by atoms with Crippen LogP contribution < -0.4 is 9.47 Å². The molecule has 46 heavy (non-hydrogen) atoms. The number of carboxylic acids is 1. The average Bonchev–Trinajstić information content (AvgIpc) is 3.72. The third-order valence-corrected chi connectivity index (χ3v) is 8.57. The maximum atomic E-state index is 14.5. The summed E-state index contributed by atoms with van der Waals surface area (Å²) in [5.74, 6) is -1.23. The number of hydrogen-bond donors (Lipinski definition) is 1. The van der Waals surface area contributed by atoms with E-state index in [0.717, 1.165) is 49.4 Å². The van der Waals surface area contributed by atoms with Gasteiger partial charge in [-0.3, -0.25) is 4.90 Å². The van der Waals surface area contributed by atoms with E-state index in [-0.39, 0.29) is 40.5 Å². The van der Waals surface area contributed by atoms with Crippen molar-refractivity contribution >= 4 is 34.8 Å². The van der Waals surface area contributed by atoms with Gasteiger partial charge in [0, 0.05) is 48.6 Å². The van der Waals surface area contributed by atoms with Crippen LogP contribution in [0.4, 0.5) is 8.78 Å². The van der Waals surface area contributed by atoms with Gasteiger partial charge in [0.1, 0.15) is 35.6 Å². The number of carboxylic acid groups (broad SMARTS) is 1. The zero-order chi connectivity index (χ0) is 32.3. The summed E-state index contributed by atoms with van der Waals surface area (Å²) in [5, 5.41) is 18.7. The molecule has 0 unspecified atom stereocenters. The number of pyridine rings is 2. The summed E-state index contributed by atoms with van der Waals surface area (Å²) >= 11 is 5.78. The molecule has 4 heterocycles. The molecule has 2 aliphatic rings. The van der Waals surface area contributed by atoms with E-state index >= 15 is 0 Å². The van der Waals surface area contributed by atoms with Gasteiger partial charge in [-0.2, -0.15) is 5.26 Å². The van der Waals surface area contributed by atoms with Crippen LogP contribution in [-0.2, 0) is 24.5 Å². The quantitative estimate of drug-likeness (QED) is 0.179. The highest BCUT2D eigenvalue weighted by molar-refractivity contribution is 6.30. The number of aromatic nitrogens is 4. The number of aliphatic carboxylic acids is 1. The monoisotopic (exact) mass is 648 g/mol. The van der Waals surface area contributed by atoms with Gasteiger partial charge in [-0.25, -0.2) is 28.5 Å². The molecule has 1 aromatic carbocycles. The second-order valence-electron chi connectivity index (χ2n) is 11.7. The molecule has 1 N–H and O–H groups in total. The summed E-state index contributed by atoms with van der Waals surface area (Å²) in [6.45, 7) is 2.37. The molecule has 2 fully saturated rings. The SMILES string of the molecule is N#CCC1(Cn2c(CN3CCC(Oc4ccc(F)c(COc5ccc(Cl)cc5F)n4)CC3)nc3ccc(/C=C/C(=O)O)nc32)CC1. The van der Waals surface area contributed by atoms with Gasteiger partial charge >= 0.3 is 5.97 Å². The van der Waals surface area contributed by atoms with Crippen LogP contribution in [0.25, 0.3) is 17.2 Å². The zero-order valence-corrected chi connectivity index (χ0v) is 25.6. The molecule has 6 rings (SSSR count). The van der Waals surface area contributed by atoms with Gasteiger partial charge in [0.05, 0.1) is 18.3 Å². The Morgan fingerprint density at radius 3 is 2.63 bits per heavy atom. The molecule has 13 heteroatoms. The highest BCUT2D eigenvalue weighted by Gasteiger charge is 2.43. The van der Waals surface area contributed by atoms with E-state index in [1.165, 1.54) is 30.3 Å². The van der Waals surface area contributed by atoms with Crippen molar-refractivity contribution in [3.8, 4) is 17.7 Å². The molecular formula is C33H31ClF2N6O4. The fourth-order valence-corrected chi connectivity index (χ4v) is 5.75. The van der Waals surface area contributed by atoms with Gasteiger partial charge in [-0.15, -0.1) is 0 Å². The van der Waals surface area contributed by atoms with Crippen LogP contribution in [0.1, 0.15) is 49.3 Å². The summed E-state index contributed by atoms with van der Waals surface area (Å²) in [5.41, 5.74) is 1.82. The predicted octanol–water partition coefficient (Wildman–Crippen LogP) is 6.17. The Bertz CT molecular complexity index is 1830. The lowest BCUT2D eigenvalue weighted by molar-refractivity contribution is -0.131. The van der Waals surface area contributed by atoms with Crippen molar-refractivity contribution in [2.24, 2.45) is 5.41 Å². The molecule has 3 aromatic heterocycles. The molecule has 0 spiro atoms. The largest absolute Gasteiger partial charge is 0.484 e. The number of imidazole rings is 1. The number of likely N-dealkylation sites (tertiary alicyclic amines) is 1. The first-order valence-electron chi connectivity index (χ1n) is 15.0. The van der Waals surface area contributed by atoms with Crippen LogP contribution in [0.15, 0.2) is 48.5 Å². The van der Waals surface area contributed by atoms with Crippen molar-refractivity contribution in [1.82, 2.24) is 24.4 Å². The first-order chi connectivity index (χ1) is 22.2. The minimum atomic E-state index is -1.05. The van der Waals surface area contributed by atoms with E-state index < -0.39 is 17.6 Å². The molecule has 4 aromatic rings. The number of nitrogens with zero attached hydrogens (tertiary/aromatic N) is 6. The maximum absolute atomic E-state index is 14.5. The van der Waals surface area contributed by atoms with E-state index in [4.69, 9.17) is 36.1 Å². The van der Waals surface area contributed by atoms with E-state index in [1.54, 1.807) is 6.07 Å². The minimum Gasteiger partial charge on any atom is -0.484 e. The topological polar surface area (TPSA) is 126 Å². The fourth-order valence-electron chi connectivity index (χ4n) is 5.60. The molecule has 0 radical (unpaired) electrons. The molecule has 0 atom stereocenters. The van der Waals surface area contributed by atoms with Gasteiger partial charge < -0.3 is 19.1 Å². The van der Waals surface area contributed by atoms with Crippen molar-refractivity contribution in [3.63, 3.8) is 0 Å². The Balaban J connectivity index is 1.11. The third-order valence-electron chi connectivity index (χ3n) is 8.33. The highest BCUT2D eigenvalue weighted by atomic mass is 35.5. The number of hydrogen-bond acceptors (Lipinski definition) is 8. The van der Waals surface area contributed by atoms with Gasteiger partial charge in [-0.1, -0.05) is 11.6 Å². The lowest BCUT2D eigenvalue weighted by atomic mass is 10.0. The highest BCUT2D eigenvalue weighted by Crippen LogP contribution is 2.50. The number of halogens is 3. The number of rotatable bonds is 12. The van der Waals surface area contributed by atoms with E-state index in [1.807, 2.05) is 6.07 Å². The molecule has 1 aliphatic carbocycles. The molecule has 10 nitrogen and oxygen atoms in total. The maximum Gasteiger partial charge on any atom is 0.328 e.